The molecule has 0 aliphatic heterocycles. The summed E-state index contributed by atoms with van der Waals surface area (Å²) >= 11 is 0. The van der Waals surface area contributed by atoms with Crippen molar-refractivity contribution in [3.8, 4) is 0 Å². The summed E-state index contributed by atoms with van der Waals surface area (Å²) < 4.78 is 4.92. The molecule has 0 fully saturated rings. The third kappa shape index (κ3) is 9.44. The second-order valence-electron chi connectivity index (χ2n) is 3.04. The van der Waals surface area contributed by atoms with Crippen LogP contribution in [0.1, 0.15) is 13.8 Å². The van der Waals surface area contributed by atoms with Gasteiger partial charge in [-0.15, -0.1) is 0 Å². The maximum absolute atomic E-state index is 11.0. The van der Waals surface area contributed by atoms with Crippen LogP contribution in [0.5, 0.6) is 0 Å². The van der Waals surface area contributed by atoms with Gasteiger partial charge in [-0.05, 0) is 13.8 Å². The zero-order valence-electron chi connectivity index (χ0n) is 8.88. The molecule has 5 nitrogen and oxygen atoms in total. The monoisotopic (exact) mass is 204 g/mol. The highest BCUT2D eigenvalue weighted by Crippen LogP contribution is 1.75. The van der Waals surface area contributed by atoms with Gasteiger partial charge in [-0.1, -0.05) is 0 Å². The highest BCUT2D eigenvalue weighted by Gasteiger charge is 1.99. The minimum atomic E-state index is -0.353. The molecule has 0 saturated heterocycles. The Morgan fingerprint density at radius 3 is 2.79 bits per heavy atom. The quantitative estimate of drug-likeness (QED) is 0.449. The molecule has 0 aliphatic rings. The van der Waals surface area contributed by atoms with Crippen LogP contribution in [0.4, 0.5) is 0 Å². The molecule has 14 heavy (non-hydrogen) atoms. The Morgan fingerprint density at radius 2 is 2.21 bits per heavy atom. The van der Waals surface area contributed by atoms with Gasteiger partial charge in [-0.2, -0.15) is 0 Å². The average molecular weight is 204 g/mol. The zero-order valence-corrected chi connectivity index (χ0v) is 8.88. The fourth-order valence-corrected chi connectivity index (χ4v) is 0.847. The summed E-state index contributed by atoms with van der Waals surface area (Å²) in [5.41, 5.74) is 0. The number of aliphatic hydroxyl groups excluding tert-OH is 1. The van der Waals surface area contributed by atoms with Gasteiger partial charge in [0.15, 0.2) is 0 Å². The number of hydrogen-bond donors (Lipinski definition) is 3. The number of carbonyl (C=O) groups excluding carboxylic acids is 1. The van der Waals surface area contributed by atoms with Gasteiger partial charge >= 0.3 is 0 Å². The molecule has 0 saturated carbocycles. The number of rotatable bonds is 8. The van der Waals surface area contributed by atoms with E-state index in [1.807, 2.05) is 6.92 Å². The molecule has 0 aromatic heterocycles. The van der Waals surface area contributed by atoms with Crippen LogP contribution in [-0.2, 0) is 9.53 Å². The van der Waals surface area contributed by atoms with Crippen LogP contribution in [0.3, 0.4) is 0 Å². The van der Waals surface area contributed by atoms with Crippen LogP contribution in [0, 0.1) is 0 Å². The van der Waals surface area contributed by atoms with E-state index in [2.05, 4.69) is 10.6 Å². The van der Waals surface area contributed by atoms with Crippen molar-refractivity contribution < 1.29 is 14.6 Å². The van der Waals surface area contributed by atoms with Crippen LogP contribution in [0.15, 0.2) is 0 Å². The van der Waals surface area contributed by atoms with Gasteiger partial charge < -0.3 is 20.5 Å². The Kier molecular flexibility index (Phi) is 8.51. The van der Waals surface area contributed by atoms with Crippen molar-refractivity contribution in [2.24, 2.45) is 0 Å². The molecule has 0 rings (SSSR count). The standard InChI is InChI=1S/C9H20N2O3/c1-3-14-7-9(13)11-5-4-10-6-8(2)12/h8,10,12H,3-7H2,1-2H3,(H,11,13). The summed E-state index contributed by atoms with van der Waals surface area (Å²) in [7, 11) is 0. The maximum Gasteiger partial charge on any atom is 0.246 e. The van der Waals surface area contributed by atoms with Crippen molar-refractivity contribution in [2.75, 3.05) is 32.8 Å². The van der Waals surface area contributed by atoms with E-state index in [9.17, 15) is 4.79 Å². The van der Waals surface area contributed by atoms with Crippen molar-refractivity contribution in [2.45, 2.75) is 20.0 Å². The maximum atomic E-state index is 11.0. The minimum absolute atomic E-state index is 0.106. The van der Waals surface area contributed by atoms with Crippen molar-refractivity contribution in [3.63, 3.8) is 0 Å². The second kappa shape index (κ2) is 8.93. The van der Waals surface area contributed by atoms with E-state index in [1.54, 1.807) is 6.92 Å². The SMILES string of the molecule is CCOCC(=O)NCCNCC(C)O. The summed E-state index contributed by atoms with van der Waals surface area (Å²) in [6, 6.07) is 0. The molecule has 3 N–H and O–H groups in total. The lowest BCUT2D eigenvalue weighted by Gasteiger charge is -2.07. The highest BCUT2D eigenvalue weighted by molar-refractivity contribution is 5.77. The van der Waals surface area contributed by atoms with Gasteiger partial charge in [0.25, 0.3) is 0 Å². The first-order valence-electron chi connectivity index (χ1n) is 4.90. The fraction of sp³-hybridized carbons (Fsp3) is 0.889. The summed E-state index contributed by atoms with van der Waals surface area (Å²) in [5.74, 6) is -0.106. The molecule has 0 aromatic rings. The largest absolute Gasteiger partial charge is 0.392 e. The highest BCUT2D eigenvalue weighted by atomic mass is 16.5. The molecule has 1 atom stereocenters. The van der Waals surface area contributed by atoms with Gasteiger partial charge in [-0.3, -0.25) is 4.79 Å². The third-order valence-corrected chi connectivity index (χ3v) is 1.50. The normalized spacial score (nSPS) is 12.5. The van der Waals surface area contributed by atoms with Crippen molar-refractivity contribution in [1.82, 2.24) is 10.6 Å². The molecule has 5 heteroatoms. The van der Waals surface area contributed by atoms with Crippen molar-refractivity contribution >= 4 is 5.91 Å². The second-order valence-corrected chi connectivity index (χ2v) is 3.04. The summed E-state index contributed by atoms with van der Waals surface area (Å²) in [6.07, 6.45) is -0.353. The van der Waals surface area contributed by atoms with Gasteiger partial charge in [0.1, 0.15) is 6.61 Å². The molecule has 0 radical (unpaired) electrons. The Labute approximate surface area is 84.8 Å². The number of aliphatic hydroxyl groups is 1. The lowest BCUT2D eigenvalue weighted by Crippen LogP contribution is -2.36. The van der Waals surface area contributed by atoms with E-state index < -0.39 is 0 Å². The third-order valence-electron chi connectivity index (χ3n) is 1.50. The summed E-state index contributed by atoms with van der Waals surface area (Å²) in [4.78, 5) is 11.0. The number of hydrogen-bond acceptors (Lipinski definition) is 4. The Bertz CT molecular complexity index is 151. The first-order valence-corrected chi connectivity index (χ1v) is 4.90. The van der Waals surface area contributed by atoms with Crippen LogP contribution in [-0.4, -0.2) is 50.0 Å². The van der Waals surface area contributed by atoms with Crippen LogP contribution >= 0.6 is 0 Å². The molecule has 84 valence electrons. The number of amides is 1. The van der Waals surface area contributed by atoms with E-state index in [4.69, 9.17) is 9.84 Å². The van der Waals surface area contributed by atoms with E-state index in [-0.39, 0.29) is 18.6 Å². The molecular weight excluding hydrogens is 184 g/mol. The number of nitrogens with one attached hydrogen (secondary N) is 2. The number of carbonyl (C=O) groups is 1. The smallest absolute Gasteiger partial charge is 0.246 e. The lowest BCUT2D eigenvalue weighted by molar-refractivity contribution is -0.125. The Hall–Kier alpha value is -0.650. The molecule has 0 spiro atoms. The minimum Gasteiger partial charge on any atom is -0.392 e. The molecule has 0 heterocycles. The predicted molar refractivity (Wildman–Crippen MR) is 54.1 cm³/mol. The summed E-state index contributed by atoms with van der Waals surface area (Å²) in [6.45, 7) is 5.97. The van der Waals surface area contributed by atoms with E-state index in [0.717, 1.165) is 0 Å². The van der Waals surface area contributed by atoms with Gasteiger partial charge in [0.2, 0.25) is 5.91 Å². The van der Waals surface area contributed by atoms with Crippen LogP contribution < -0.4 is 10.6 Å². The van der Waals surface area contributed by atoms with Crippen molar-refractivity contribution in [1.29, 1.82) is 0 Å². The zero-order chi connectivity index (χ0) is 10.8. The molecule has 0 aromatic carbocycles. The first-order chi connectivity index (χ1) is 6.66. The van der Waals surface area contributed by atoms with Gasteiger partial charge in [0, 0.05) is 26.2 Å². The van der Waals surface area contributed by atoms with Crippen molar-refractivity contribution in [3.05, 3.63) is 0 Å². The summed E-state index contributed by atoms with van der Waals surface area (Å²) in [5, 5.41) is 14.6. The topological polar surface area (TPSA) is 70.6 Å². The molecule has 1 amide bonds. The average Bonchev–Trinajstić information content (AvgIpc) is 2.13. The van der Waals surface area contributed by atoms with Crippen LogP contribution in [0.25, 0.3) is 0 Å². The number of ether oxygens (including phenoxy) is 1. The lowest BCUT2D eigenvalue weighted by atomic mass is 10.4. The Morgan fingerprint density at radius 1 is 1.50 bits per heavy atom. The van der Waals surface area contributed by atoms with Gasteiger partial charge in [-0.25, -0.2) is 0 Å². The molecule has 0 aliphatic carbocycles. The molecule has 0 bridgehead atoms. The van der Waals surface area contributed by atoms with Crippen LogP contribution in [0.2, 0.25) is 0 Å². The van der Waals surface area contributed by atoms with E-state index in [0.29, 0.717) is 26.2 Å². The Balaban J connectivity index is 3.15. The van der Waals surface area contributed by atoms with Gasteiger partial charge in [0.05, 0.1) is 6.10 Å². The predicted octanol–water partition coefficient (Wildman–Crippen LogP) is -0.890. The van der Waals surface area contributed by atoms with E-state index >= 15 is 0 Å². The first kappa shape index (κ1) is 13.4. The fourth-order valence-electron chi connectivity index (χ4n) is 0.847. The molecule has 1 unspecified atom stereocenters. The molecular formula is C9H20N2O3. The van der Waals surface area contributed by atoms with E-state index in [1.165, 1.54) is 0 Å².